The molecule has 0 heterocycles. The summed E-state index contributed by atoms with van der Waals surface area (Å²) >= 11 is 0. The van der Waals surface area contributed by atoms with Gasteiger partial charge in [0.05, 0.1) is 12.0 Å². The first kappa shape index (κ1) is 18.0. The fourth-order valence-corrected chi connectivity index (χ4v) is 3.06. The van der Waals surface area contributed by atoms with Gasteiger partial charge < -0.3 is 4.74 Å². The zero-order valence-corrected chi connectivity index (χ0v) is 14.9. The zero-order chi connectivity index (χ0) is 17.6. The van der Waals surface area contributed by atoms with Gasteiger partial charge in [-0.25, -0.2) is 4.83 Å². The number of benzene rings is 2. The highest BCUT2D eigenvalue weighted by molar-refractivity contribution is 7.89. The highest BCUT2D eigenvalue weighted by Crippen LogP contribution is 2.19. The Bertz CT molecular complexity index is 812. The highest BCUT2D eigenvalue weighted by atomic mass is 32.2. The number of para-hydroxylation sites is 1. The molecular formula is C18H22N2O3S. The van der Waals surface area contributed by atoms with Crippen LogP contribution in [0.4, 0.5) is 0 Å². The van der Waals surface area contributed by atoms with E-state index in [2.05, 4.69) is 9.93 Å². The average molecular weight is 346 g/mol. The molecule has 0 radical (unpaired) electrons. The quantitative estimate of drug-likeness (QED) is 0.618. The normalized spacial score (nSPS) is 12.0. The van der Waals surface area contributed by atoms with Crippen molar-refractivity contribution in [3.63, 3.8) is 0 Å². The number of hydrogen-bond donors (Lipinski definition) is 1. The third-order valence-corrected chi connectivity index (χ3v) is 4.86. The summed E-state index contributed by atoms with van der Waals surface area (Å²) in [4.78, 5) is 2.49. The standard InChI is InChI=1S/C18H22N2O3S/c1-14-8-12-17(13-9-14)24(21,22)20-19-15(2)10-11-16-6-4-5-7-18(16)23-3/h4-9,12-13,20H,10-11H2,1-3H3. The Kier molecular flexibility index (Phi) is 5.98. The molecule has 0 bridgehead atoms. The molecule has 2 aromatic rings. The van der Waals surface area contributed by atoms with Gasteiger partial charge >= 0.3 is 0 Å². The smallest absolute Gasteiger partial charge is 0.276 e. The Labute approximate surface area is 143 Å². The minimum atomic E-state index is -3.63. The number of nitrogens with zero attached hydrogens (tertiary/aromatic N) is 1. The van der Waals surface area contributed by atoms with Crippen molar-refractivity contribution in [1.29, 1.82) is 0 Å². The second-order valence-corrected chi connectivity index (χ2v) is 7.23. The van der Waals surface area contributed by atoms with Crippen molar-refractivity contribution in [2.45, 2.75) is 31.6 Å². The molecule has 6 heteroatoms. The number of aryl methyl sites for hydroxylation is 2. The summed E-state index contributed by atoms with van der Waals surface area (Å²) in [6.07, 6.45) is 1.36. The van der Waals surface area contributed by atoms with Crippen LogP contribution in [0.25, 0.3) is 0 Å². The topological polar surface area (TPSA) is 67.8 Å². The third kappa shape index (κ3) is 4.83. The van der Waals surface area contributed by atoms with Crippen LogP contribution in [-0.4, -0.2) is 21.2 Å². The van der Waals surface area contributed by atoms with E-state index < -0.39 is 10.0 Å². The van der Waals surface area contributed by atoms with Crippen LogP contribution in [0.15, 0.2) is 58.5 Å². The fourth-order valence-electron chi connectivity index (χ4n) is 2.19. The van der Waals surface area contributed by atoms with Crippen LogP contribution < -0.4 is 9.57 Å². The van der Waals surface area contributed by atoms with Crippen LogP contribution in [0.5, 0.6) is 5.75 Å². The number of ether oxygens (including phenoxy) is 1. The van der Waals surface area contributed by atoms with Gasteiger partial charge in [-0.2, -0.15) is 13.5 Å². The molecule has 0 atom stereocenters. The van der Waals surface area contributed by atoms with Crippen molar-refractivity contribution < 1.29 is 13.2 Å². The highest BCUT2D eigenvalue weighted by Gasteiger charge is 2.12. The van der Waals surface area contributed by atoms with Gasteiger partial charge in [0.1, 0.15) is 5.75 Å². The molecule has 0 aliphatic heterocycles. The number of nitrogens with one attached hydrogen (secondary N) is 1. The summed E-state index contributed by atoms with van der Waals surface area (Å²) < 4.78 is 29.7. The monoisotopic (exact) mass is 346 g/mol. The zero-order valence-electron chi connectivity index (χ0n) is 14.1. The van der Waals surface area contributed by atoms with Crippen molar-refractivity contribution in [2.24, 2.45) is 5.10 Å². The van der Waals surface area contributed by atoms with Crippen LogP contribution in [-0.2, 0) is 16.4 Å². The van der Waals surface area contributed by atoms with Gasteiger partial charge in [-0.1, -0.05) is 35.9 Å². The summed E-state index contributed by atoms with van der Waals surface area (Å²) in [5.41, 5.74) is 2.78. The summed E-state index contributed by atoms with van der Waals surface area (Å²) in [5.74, 6) is 0.825. The molecule has 0 saturated carbocycles. The van der Waals surface area contributed by atoms with Crippen LogP contribution in [0, 0.1) is 6.92 Å². The lowest BCUT2D eigenvalue weighted by Gasteiger charge is -2.08. The van der Waals surface area contributed by atoms with Gasteiger partial charge in [-0.3, -0.25) is 0 Å². The molecule has 0 aliphatic rings. The van der Waals surface area contributed by atoms with E-state index in [-0.39, 0.29) is 4.90 Å². The second kappa shape index (κ2) is 7.97. The van der Waals surface area contributed by atoms with Gasteiger partial charge in [-0.15, -0.1) is 0 Å². The molecular weight excluding hydrogens is 324 g/mol. The van der Waals surface area contributed by atoms with Crippen LogP contribution >= 0.6 is 0 Å². The van der Waals surface area contributed by atoms with Gasteiger partial charge in [0.25, 0.3) is 10.0 Å². The molecule has 2 rings (SSSR count). The molecule has 1 N–H and O–H groups in total. The summed E-state index contributed by atoms with van der Waals surface area (Å²) in [5, 5.41) is 4.00. The predicted octanol–water partition coefficient (Wildman–Crippen LogP) is 3.29. The molecule has 128 valence electrons. The van der Waals surface area contributed by atoms with Crippen molar-refractivity contribution in [1.82, 2.24) is 4.83 Å². The van der Waals surface area contributed by atoms with Crippen molar-refractivity contribution in [2.75, 3.05) is 7.11 Å². The molecule has 0 amide bonds. The lowest BCUT2D eigenvalue weighted by atomic mass is 10.1. The van der Waals surface area contributed by atoms with Crippen LogP contribution in [0.1, 0.15) is 24.5 Å². The molecule has 5 nitrogen and oxygen atoms in total. The number of methoxy groups -OCH3 is 1. The van der Waals surface area contributed by atoms with E-state index in [1.165, 1.54) is 0 Å². The first-order chi connectivity index (χ1) is 11.4. The van der Waals surface area contributed by atoms with Crippen molar-refractivity contribution >= 4 is 15.7 Å². The Morgan fingerprint density at radius 3 is 2.46 bits per heavy atom. The second-order valence-electron chi connectivity index (χ2n) is 5.57. The van der Waals surface area contributed by atoms with Gasteiger partial charge in [0, 0.05) is 5.71 Å². The Morgan fingerprint density at radius 1 is 1.12 bits per heavy atom. The van der Waals surface area contributed by atoms with E-state index in [0.717, 1.165) is 23.3 Å². The number of hydrazone groups is 1. The molecule has 0 spiro atoms. The Hall–Kier alpha value is -2.34. The van der Waals surface area contributed by atoms with E-state index in [0.29, 0.717) is 12.1 Å². The number of rotatable bonds is 7. The summed E-state index contributed by atoms with van der Waals surface area (Å²) in [7, 11) is -2.00. The molecule has 0 aromatic heterocycles. The largest absolute Gasteiger partial charge is 0.496 e. The van der Waals surface area contributed by atoms with Crippen molar-refractivity contribution in [3.8, 4) is 5.75 Å². The first-order valence-corrected chi connectivity index (χ1v) is 9.14. The fraction of sp³-hybridized carbons (Fsp3) is 0.278. The molecule has 0 unspecified atom stereocenters. The number of hydrogen-bond acceptors (Lipinski definition) is 4. The molecule has 0 fully saturated rings. The van der Waals surface area contributed by atoms with Crippen molar-refractivity contribution in [3.05, 3.63) is 59.7 Å². The first-order valence-electron chi connectivity index (χ1n) is 7.66. The molecule has 24 heavy (non-hydrogen) atoms. The maximum absolute atomic E-state index is 12.2. The SMILES string of the molecule is COc1ccccc1CCC(C)=NNS(=O)(=O)c1ccc(C)cc1. The van der Waals surface area contributed by atoms with Gasteiger partial charge in [0.2, 0.25) is 0 Å². The van der Waals surface area contributed by atoms with Gasteiger partial charge in [0.15, 0.2) is 0 Å². The van der Waals surface area contributed by atoms with Gasteiger partial charge in [-0.05, 0) is 50.5 Å². The van der Waals surface area contributed by atoms with E-state index in [9.17, 15) is 8.42 Å². The summed E-state index contributed by atoms with van der Waals surface area (Å²) in [6, 6.07) is 14.4. The maximum atomic E-state index is 12.2. The number of sulfonamides is 1. The summed E-state index contributed by atoms with van der Waals surface area (Å²) in [6.45, 7) is 3.71. The maximum Gasteiger partial charge on any atom is 0.276 e. The predicted molar refractivity (Wildman–Crippen MR) is 95.9 cm³/mol. The molecule has 0 saturated heterocycles. The Balaban J connectivity index is 1.99. The third-order valence-electron chi connectivity index (χ3n) is 3.64. The van der Waals surface area contributed by atoms with E-state index in [4.69, 9.17) is 4.74 Å². The lowest BCUT2D eigenvalue weighted by Crippen LogP contribution is -2.19. The van der Waals surface area contributed by atoms with Crippen LogP contribution in [0.3, 0.4) is 0 Å². The minimum absolute atomic E-state index is 0.203. The average Bonchev–Trinajstić information content (AvgIpc) is 2.59. The van der Waals surface area contributed by atoms with E-state index >= 15 is 0 Å². The molecule has 2 aromatic carbocycles. The van der Waals surface area contributed by atoms with E-state index in [1.54, 1.807) is 38.3 Å². The lowest BCUT2D eigenvalue weighted by molar-refractivity contribution is 0.410. The molecule has 0 aliphatic carbocycles. The van der Waals surface area contributed by atoms with Crippen LogP contribution in [0.2, 0.25) is 0 Å². The Morgan fingerprint density at radius 2 is 1.79 bits per heavy atom. The van der Waals surface area contributed by atoms with E-state index in [1.807, 2.05) is 31.2 Å². The minimum Gasteiger partial charge on any atom is -0.496 e.